The number of carbonyl (C=O) groups excluding carboxylic acids is 2. The Morgan fingerprint density at radius 3 is 2.15 bits per heavy atom. The number of ether oxygens (including phenoxy) is 3. The van der Waals surface area contributed by atoms with Crippen molar-refractivity contribution in [3.05, 3.63) is 63.7 Å². The van der Waals surface area contributed by atoms with E-state index < -0.39 is 17.0 Å². The Labute approximate surface area is 231 Å². The number of benzene rings is 2. The molecule has 1 saturated heterocycles. The number of amides is 1. The first-order chi connectivity index (χ1) is 19.2. The molecule has 1 saturated carbocycles. The smallest absolute Gasteiger partial charge is 0.219 e. The molecule has 1 amide bonds. The normalized spacial score (nSPS) is 15.5. The summed E-state index contributed by atoms with van der Waals surface area (Å²) in [7, 11) is 4.51. The zero-order valence-electron chi connectivity index (χ0n) is 23.0. The molecule has 1 aliphatic carbocycles. The van der Waals surface area contributed by atoms with Crippen molar-refractivity contribution in [3.63, 3.8) is 0 Å². The number of piperazine rings is 1. The van der Waals surface area contributed by atoms with Gasteiger partial charge in [0.05, 0.1) is 38.1 Å². The van der Waals surface area contributed by atoms with Gasteiger partial charge in [-0.1, -0.05) is 6.08 Å². The summed E-state index contributed by atoms with van der Waals surface area (Å²) in [4.78, 5) is 42.1. The van der Waals surface area contributed by atoms with Crippen molar-refractivity contribution < 1.29 is 28.2 Å². The number of methoxy groups -OCH3 is 3. The van der Waals surface area contributed by atoms with Crippen molar-refractivity contribution in [2.45, 2.75) is 25.8 Å². The molecule has 0 bridgehead atoms. The zero-order valence-corrected chi connectivity index (χ0v) is 23.0. The van der Waals surface area contributed by atoms with Gasteiger partial charge in [-0.25, -0.2) is 4.39 Å². The van der Waals surface area contributed by atoms with Crippen LogP contribution in [-0.4, -0.2) is 68.7 Å². The zero-order chi connectivity index (χ0) is 28.6. The second-order valence-corrected chi connectivity index (χ2v) is 9.98. The van der Waals surface area contributed by atoms with E-state index in [4.69, 9.17) is 14.2 Å². The topological polar surface area (TPSA) is 90.3 Å². The van der Waals surface area contributed by atoms with Crippen LogP contribution in [0.15, 0.2) is 41.3 Å². The van der Waals surface area contributed by atoms with Crippen LogP contribution in [0.1, 0.15) is 41.7 Å². The van der Waals surface area contributed by atoms with Crippen molar-refractivity contribution in [2.24, 2.45) is 0 Å². The number of fused-ring (bicyclic) bond motifs is 1. The number of hydrogen-bond acceptors (Lipinski definition) is 7. The van der Waals surface area contributed by atoms with Gasteiger partial charge < -0.3 is 28.6 Å². The van der Waals surface area contributed by atoms with Crippen LogP contribution >= 0.6 is 0 Å². The summed E-state index contributed by atoms with van der Waals surface area (Å²) in [5.74, 6) is 0.283. The van der Waals surface area contributed by atoms with E-state index in [1.165, 1.54) is 40.4 Å². The molecule has 210 valence electrons. The molecule has 3 aromatic rings. The molecule has 1 aliphatic heterocycles. The number of anilines is 1. The van der Waals surface area contributed by atoms with Crippen molar-refractivity contribution in [3.8, 4) is 17.2 Å². The van der Waals surface area contributed by atoms with Gasteiger partial charge in [-0.3, -0.25) is 14.4 Å². The van der Waals surface area contributed by atoms with Crippen LogP contribution in [0.25, 0.3) is 17.0 Å². The molecule has 2 aromatic carbocycles. The highest BCUT2D eigenvalue weighted by atomic mass is 19.1. The van der Waals surface area contributed by atoms with Crippen molar-refractivity contribution >= 4 is 34.4 Å². The minimum atomic E-state index is -0.527. The number of nitrogens with zero attached hydrogens (tertiary/aromatic N) is 3. The molecule has 0 spiro atoms. The number of hydrogen-bond donors (Lipinski definition) is 0. The van der Waals surface area contributed by atoms with Crippen LogP contribution < -0.4 is 24.5 Å². The van der Waals surface area contributed by atoms with Crippen LogP contribution in [0.4, 0.5) is 10.1 Å². The van der Waals surface area contributed by atoms with E-state index in [2.05, 4.69) is 0 Å². The molecule has 0 N–H and O–H groups in total. The Bertz CT molecular complexity index is 1540. The third-order valence-electron chi connectivity index (χ3n) is 7.49. The molecule has 1 aromatic heterocycles. The van der Waals surface area contributed by atoms with Crippen LogP contribution in [0.5, 0.6) is 17.2 Å². The fourth-order valence-electron chi connectivity index (χ4n) is 5.15. The predicted octanol–water partition coefficient (Wildman–Crippen LogP) is 4.07. The molecule has 40 heavy (non-hydrogen) atoms. The van der Waals surface area contributed by atoms with E-state index in [1.807, 2.05) is 9.47 Å². The number of ketones is 1. The van der Waals surface area contributed by atoms with Gasteiger partial charge in [-0.15, -0.1) is 0 Å². The maximum Gasteiger partial charge on any atom is 0.219 e. The first-order valence-electron chi connectivity index (χ1n) is 13.2. The first-order valence-corrected chi connectivity index (χ1v) is 13.2. The summed E-state index contributed by atoms with van der Waals surface area (Å²) in [6.45, 7) is 3.54. The quantitative estimate of drug-likeness (QED) is 0.309. The van der Waals surface area contributed by atoms with Gasteiger partial charge in [0.1, 0.15) is 5.82 Å². The molecule has 2 fully saturated rings. The van der Waals surface area contributed by atoms with Gasteiger partial charge in [0, 0.05) is 50.7 Å². The second kappa shape index (κ2) is 11.0. The molecular weight excluding hydrogens is 517 g/mol. The van der Waals surface area contributed by atoms with Crippen LogP contribution in [0.2, 0.25) is 0 Å². The molecule has 0 unspecified atom stereocenters. The lowest BCUT2D eigenvalue weighted by Gasteiger charge is -2.36. The van der Waals surface area contributed by atoms with E-state index in [-0.39, 0.29) is 22.9 Å². The summed E-state index contributed by atoms with van der Waals surface area (Å²) in [5, 5.41) is 0.169. The monoisotopic (exact) mass is 549 g/mol. The summed E-state index contributed by atoms with van der Waals surface area (Å²) >= 11 is 0. The van der Waals surface area contributed by atoms with E-state index in [1.54, 1.807) is 35.4 Å². The van der Waals surface area contributed by atoms with E-state index in [9.17, 15) is 14.4 Å². The first kappa shape index (κ1) is 27.2. The fraction of sp³-hybridized carbons (Fsp3) is 0.367. The van der Waals surface area contributed by atoms with Gasteiger partial charge >= 0.3 is 0 Å². The van der Waals surface area contributed by atoms with Gasteiger partial charge in [0.15, 0.2) is 17.3 Å². The van der Waals surface area contributed by atoms with E-state index >= 15 is 4.39 Å². The van der Waals surface area contributed by atoms with Crippen molar-refractivity contribution in [1.82, 2.24) is 9.47 Å². The number of rotatable bonds is 8. The lowest BCUT2D eigenvalue weighted by atomic mass is 10.0. The summed E-state index contributed by atoms with van der Waals surface area (Å²) < 4.78 is 33.4. The molecule has 2 heterocycles. The number of allylic oxidation sites excluding steroid dienone is 1. The van der Waals surface area contributed by atoms with E-state index in [0.29, 0.717) is 60.2 Å². The molecule has 0 radical (unpaired) electrons. The lowest BCUT2D eigenvalue weighted by Crippen LogP contribution is -2.48. The third-order valence-corrected chi connectivity index (χ3v) is 7.49. The highest BCUT2D eigenvalue weighted by molar-refractivity contribution is 6.08. The summed E-state index contributed by atoms with van der Waals surface area (Å²) in [6.07, 6.45) is 6.31. The maximum absolute atomic E-state index is 15.4. The Morgan fingerprint density at radius 1 is 0.950 bits per heavy atom. The van der Waals surface area contributed by atoms with Crippen LogP contribution in [-0.2, 0) is 4.79 Å². The number of carbonyl (C=O) groups is 2. The standard InChI is InChI=1S/C30H32FN3O6/c1-18(35)32-9-11-33(12-10-32)25-16-24-21(15-23(25)31)29(37)22(17-34(24)20-6-7-20)26(36)8-5-19-13-27(38-2)30(40-4)28(14-19)39-3/h5,8,13-17,20H,6-7,9-12H2,1-4H3/b8-5+. The lowest BCUT2D eigenvalue weighted by molar-refractivity contribution is -0.129. The third kappa shape index (κ3) is 5.13. The summed E-state index contributed by atoms with van der Waals surface area (Å²) in [6, 6.07) is 6.47. The van der Waals surface area contributed by atoms with E-state index in [0.717, 1.165) is 12.8 Å². The average Bonchev–Trinajstić information content (AvgIpc) is 3.81. The van der Waals surface area contributed by atoms with Crippen LogP contribution in [0.3, 0.4) is 0 Å². The molecule has 10 heteroatoms. The molecule has 2 aliphatic rings. The Kier molecular flexibility index (Phi) is 7.51. The molecule has 9 nitrogen and oxygen atoms in total. The van der Waals surface area contributed by atoms with Crippen molar-refractivity contribution in [1.29, 1.82) is 0 Å². The average molecular weight is 550 g/mol. The Balaban J connectivity index is 1.50. The largest absolute Gasteiger partial charge is 0.493 e. The van der Waals surface area contributed by atoms with Gasteiger partial charge in [-0.05, 0) is 48.7 Å². The second-order valence-electron chi connectivity index (χ2n) is 9.98. The summed E-state index contributed by atoms with van der Waals surface area (Å²) in [5.41, 5.74) is 1.07. The number of aromatic nitrogens is 1. The highest BCUT2D eigenvalue weighted by Crippen LogP contribution is 2.39. The molecule has 5 rings (SSSR count). The van der Waals surface area contributed by atoms with Crippen molar-refractivity contribution in [2.75, 3.05) is 52.4 Å². The Morgan fingerprint density at radius 2 is 1.60 bits per heavy atom. The molecular formula is C30H32FN3O6. The molecule has 0 atom stereocenters. The van der Waals surface area contributed by atoms with Gasteiger partial charge in [-0.2, -0.15) is 0 Å². The Hall–Kier alpha value is -4.34. The minimum absolute atomic E-state index is 0.00211. The number of pyridine rings is 1. The fourth-order valence-corrected chi connectivity index (χ4v) is 5.15. The maximum atomic E-state index is 15.4. The van der Waals surface area contributed by atoms with Crippen LogP contribution in [0, 0.1) is 5.82 Å². The minimum Gasteiger partial charge on any atom is -0.493 e. The predicted molar refractivity (Wildman–Crippen MR) is 150 cm³/mol. The van der Waals surface area contributed by atoms with Gasteiger partial charge in [0.2, 0.25) is 17.1 Å². The van der Waals surface area contributed by atoms with Gasteiger partial charge in [0.25, 0.3) is 0 Å². The highest BCUT2D eigenvalue weighted by Gasteiger charge is 2.28. The number of halogens is 1. The SMILES string of the molecule is COc1cc(/C=C/C(=O)c2cn(C3CC3)c3cc(N4CCN(C(C)=O)CC4)c(F)cc3c2=O)cc(OC)c1OC.